The molecule has 1 fully saturated rings. The quantitative estimate of drug-likeness (QED) is 0.451. The topological polar surface area (TPSA) is 69.2 Å². The van der Waals surface area contributed by atoms with Crippen molar-refractivity contribution >= 4 is 11.9 Å². The van der Waals surface area contributed by atoms with Crippen LogP contribution in [0.4, 0.5) is 0 Å². The molecule has 0 bridgehead atoms. The molecular weight excluding hydrogens is 378 g/mol. The van der Waals surface area contributed by atoms with Crippen molar-refractivity contribution < 1.29 is 9.53 Å². The van der Waals surface area contributed by atoms with Gasteiger partial charge in [-0.3, -0.25) is 9.69 Å². The lowest BCUT2D eigenvalue weighted by Gasteiger charge is -2.26. The molecule has 7 heteroatoms. The van der Waals surface area contributed by atoms with Crippen LogP contribution in [-0.2, 0) is 16.1 Å². The van der Waals surface area contributed by atoms with Crippen LogP contribution in [0, 0.1) is 0 Å². The molecule has 2 atom stereocenters. The van der Waals surface area contributed by atoms with E-state index in [0.717, 1.165) is 39.0 Å². The molecule has 168 valence electrons. The average Bonchev–Trinajstić information content (AvgIpc) is 2.76. The molecule has 1 aromatic rings. The normalized spacial score (nSPS) is 18.2. The summed E-state index contributed by atoms with van der Waals surface area (Å²) in [5.74, 6) is 0.665. The van der Waals surface area contributed by atoms with E-state index in [0.29, 0.717) is 18.5 Å². The monoisotopic (exact) mass is 417 g/mol. The predicted octanol–water partition coefficient (Wildman–Crippen LogP) is 2.09. The van der Waals surface area contributed by atoms with Gasteiger partial charge in [-0.25, -0.2) is 4.99 Å². The number of hydrogen-bond acceptors (Lipinski definition) is 4. The molecule has 2 N–H and O–H groups in total. The third-order valence-corrected chi connectivity index (χ3v) is 5.52. The van der Waals surface area contributed by atoms with Crippen LogP contribution in [0.25, 0.3) is 0 Å². The van der Waals surface area contributed by atoms with Gasteiger partial charge in [0.25, 0.3) is 0 Å². The fourth-order valence-corrected chi connectivity index (χ4v) is 3.29. The van der Waals surface area contributed by atoms with Crippen LogP contribution in [0.5, 0.6) is 0 Å². The lowest BCUT2D eigenvalue weighted by Crippen LogP contribution is -2.44. The second kappa shape index (κ2) is 13.2. The maximum Gasteiger partial charge on any atom is 0.243 e. The van der Waals surface area contributed by atoms with Gasteiger partial charge in [0.1, 0.15) is 6.54 Å². The first-order valence-electron chi connectivity index (χ1n) is 11.0. The highest BCUT2D eigenvalue weighted by Gasteiger charge is 2.15. The van der Waals surface area contributed by atoms with Crippen LogP contribution < -0.4 is 10.6 Å². The number of nitrogens with one attached hydrogen (secondary N) is 2. The van der Waals surface area contributed by atoms with E-state index in [1.165, 1.54) is 12.0 Å². The van der Waals surface area contributed by atoms with Crippen LogP contribution in [0.15, 0.2) is 35.3 Å². The number of ether oxygens (including phenoxy) is 1. The molecule has 1 amide bonds. The number of nitrogens with zero attached hydrogens (tertiary/aromatic N) is 3. The minimum absolute atomic E-state index is 0.0130. The summed E-state index contributed by atoms with van der Waals surface area (Å²) in [5.41, 5.74) is 1.32. The third kappa shape index (κ3) is 9.13. The summed E-state index contributed by atoms with van der Waals surface area (Å²) < 4.78 is 5.80. The Morgan fingerprint density at radius 1 is 1.20 bits per heavy atom. The summed E-state index contributed by atoms with van der Waals surface area (Å²) in [6, 6.07) is 10.9. The zero-order valence-electron chi connectivity index (χ0n) is 19.1. The molecule has 2 unspecified atom stereocenters. The van der Waals surface area contributed by atoms with Crippen LogP contribution in [0.1, 0.15) is 38.2 Å². The smallest absolute Gasteiger partial charge is 0.243 e. The molecule has 0 spiro atoms. The van der Waals surface area contributed by atoms with Gasteiger partial charge in [-0.2, -0.15) is 0 Å². The van der Waals surface area contributed by atoms with Gasteiger partial charge in [-0.1, -0.05) is 30.3 Å². The van der Waals surface area contributed by atoms with E-state index in [9.17, 15) is 4.79 Å². The second-order valence-electron chi connectivity index (χ2n) is 8.29. The van der Waals surface area contributed by atoms with Crippen molar-refractivity contribution in [2.75, 3.05) is 47.4 Å². The van der Waals surface area contributed by atoms with Crippen molar-refractivity contribution in [2.45, 2.75) is 51.3 Å². The van der Waals surface area contributed by atoms with Gasteiger partial charge < -0.3 is 20.3 Å². The molecule has 7 nitrogen and oxygen atoms in total. The van der Waals surface area contributed by atoms with Crippen molar-refractivity contribution in [3.05, 3.63) is 35.9 Å². The van der Waals surface area contributed by atoms with Crippen molar-refractivity contribution in [3.8, 4) is 0 Å². The van der Waals surface area contributed by atoms with E-state index < -0.39 is 0 Å². The minimum atomic E-state index is -0.0130. The van der Waals surface area contributed by atoms with Crippen LogP contribution in [-0.4, -0.2) is 81.2 Å². The fraction of sp³-hybridized carbons (Fsp3) is 0.652. The first-order valence-corrected chi connectivity index (χ1v) is 11.0. The van der Waals surface area contributed by atoms with Crippen LogP contribution in [0.2, 0.25) is 0 Å². The van der Waals surface area contributed by atoms with Crippen molar-refractivity contribution in [2.24, 2.45) is 4.99 Å². The van der Waals surface area contributed by atoms with Crippen molar-refractivity contribution in [1.82, 2.24) is 20.4 Å². The number of aliphatic imine (C=N–C) groups is 1. The molecule has 30 heavy (non-hydrogen) atoms. The summed E-state index contributed by atoms with van der Waals surface area (Å²) in [6.07, 6.45) is 4.60. The molecule has 2 rings (SSSR count). The minimum Gasteiger partial charge on any atom is -0.376 e. The number of rotatable bonds is 10. The highest BCUT2D eigenvalue weighted by molar-refractivity contribution is 5.84. The van der Waals surface area contributed by atoms with Gasteiger partial charge in [-0.05, 0) is 45.2 Å². The average molecular weight is 418 g/mol. The molecule has 1 aliphatic heterocycles. The summed E-state index contributed by atoms with van der Waals surface area (Å²) >= 11 is 0. The maximum absolute atomic E-state index is 11.9. The lowest BCUT2D eigenvalue weighted by atomic mass is 10.1. The molecule has 0 aromatic heterocycles. The Hall–Kier alpha value is -2.12. The fourth-order valence-electron chi connectivity index (χ4n) is 3.29. The molecular formula is C23H39N5O2. The van der Waals surface area contributed by atoms with Gasteiger partial charge in [0, 0.05) is 46.4 Å². The summed E-state index contributed by atoms with van der Waals surface area (Å²) in [6.45, 7) is 5.63. The van der Waals surface area contributed by atoms with Gasteiger partial charge >= 0.3 is 0 Å². The Kier molecular flexibility index (Phi) is 10.7. The third-order valence-electron chi connectivity index (χ3n) is 5.52. The highest BCUT2D eigenvalue weighted by atomic mass is 16.5. The Morgan fingerprint density at radius 2 is 1.97 bits per heavy atom. The zero-order valence-corrected chi connectivity index (χ0v) is 19.1. The van der Waals surface area contributed by atoms with Crippen LogP contribution >= 0.6 is 0 Å². The SMILES string of the molecule is CC(CCNC(=NCC(=O)N(C)C)NCC1CCCCO1)N(C)Cc1ccccc1. The summed E-state index contributed by atoms with van der Waals surface area (Å²) in [4.78, 5) is 20.3. The van der Waals surface area contributed by atoms with E-state index in [-0.39, 0.29) is 18.6 Å². The molecule has 0 radical (unpaired) electrons. The van der Waals surface area contributed by atoms with E-state index in [1.807, 2.05) is 6.07 Å². The van der Waals surface area contributed by atoms with Crippen LogP contribution in [0.3, 0.4) is 0 Å². The number of carbonyl (C=O) groups excluding carboxylic acids is 1. The number of hydrogen-bond donors (Lipinski definition) is 2. The first-order chi connectivity index (χ1) is 14.5. The molecule has 0 aliphatic carbocycles. The number of amides is 1. The van der Waals surface area contributed by atoms with Crippen molar-refractivity contribution in [1.29, 1.82) is 0 Å². The molecule has 1 heterocycles. The number of guanidine groups is 1. The highest BCUT2D eigenvalue weighted by Crippen LogP contribution is 2.11. The Balaban J connectivity index is 1.80. The second-order valence-corrected chi connectivity index (χ2v) is 8.29. The summed E-state index contributed by atoms with van der Waals surface area (Å²) in [5, 5.41) is 6.75. The first kappa shape index (κ1) is 24.2. The van der Waals surface area contributed by atoms with E-state index >= 15 is 0 Å². The molecule has 1 saturated heterocycles. The summed E-state index contributed by atoms with van der Waals surface area (Å²) in [7, 11) is 5.65. The standard InChI is InChI=1S/C23H39N5O2/c1-19(28(4)18-20-10-6-5-7-11-20)13-14-24-23(26-17-22(29)27(2)3)25-16-21-12-8-9-15-30-21/h5-7,10-11,19,21H,8-9,12-18H2,1-4H3,(H2,24,25,26). The number of likely N-dealkylation sites (N-methyl/N-ethyl adjacent to an activating group) is 1. The maximum atomic E-state index is 11.9. The van der Waals surface area contributed by atoms with E-state index in [2.05, 4.69) is 58.8 Å². The molecule has 0 saturated carbocycles. The van der Waals surface area contributed by atoms with Gasteiger partial charge in [0.05, 0.1) is 6.10 Å². The Bertz CT molecular complexity index is 644. The largest absolute Gasteiger partial charge is 0.376 e. The van der Waals surface area contributed by atoms with E-state index in [1.54, 1.807) is 19.0 Å². The Labute approximate surface area is 181 Å². The zero-order chi connectivity index (χ0) is 21.8. The van der Waals surface area contributed by atoms with Gasteiger partial charge in [0.2, 0.25) is 5.91 Å². The number of benzene rings is 1. The lowest BCUT2D eigenvalue weighted by molar-refractivity contribution is -0.127. The molecule has 1 aliphatic rings. The molecule has 1 aromatic carbocycles. The van der Waals surface area contributed by atoms with Gasteiger partial charge in [-0.15, -0.1) is 0 Å². The van der Waals surface area contributed by atoms with Gasteiger partial charge in [0.15, 0.2) is 5.96 Å². The van der Waals surface area contributed by atoms with Crippen molar-refractivity contribution in [3.63, 3.8) is 0 Å². The Morgan fingerprint density at radius 3 is 2.63 bits per heavy atom. The van der Waals surface area contributed by atoms with E-state index in [4.69, 9.17) is 4.74 Å². The number of carbonyl (C=O) groups is 1. The predicted molar refractivity (Wildman–Crippen MR) is 123 cm³/mol.